The number of imidazole rings is 1. The molecule has 0 spiro atoms. The maximum absolute atomic E-state index is 13.2. The lowest BCUT2D eigenvalue weighted by Crippen LogP contribution is -2.41. The Kier molecular flexibility index (Phi) is 12.0. The normalized spacial score (nSPS) is 12.0. The van der Waals surface area contributed by atoms with Crippen LogP contribution in [0.15, 0.2) is 55.1 Å². The summed E-state index contributed by atoms with van der Waals surface area (Å²) in [6, 6.07) is 9.69. The number of amides is 1. The molecule has 0 unspecified atom stereocenters. The lowest BCUT2D eigenvalue weighted by Gasteiger charge is -2.29. The third-order valence-corrected chi connectivity index (χ3v) is 11.5. The fraction of sp³-hybridized carbons (Fsp3) is 0.355. The number of anilines is 1. The summed E-state index contributed by atoms with van der Waals surface area (Å²) >= 11 is 0. The van der Waals surface area contributed by atoms with Crippen molar-refractivity contribution in [2.75, 3.05) is 18.0 Å². The van der Waals surface area contributed by atoms with E-state index in [9.17, 15) is 43.1 Å². The predicted molar refractivity (Wildman–Crippen MR) is 180 cm³/mol. The number of fused-ring (bicyclic) bond motifs is 1. The van der Waals surface area contributed by atoms with E-state index in [1.807, 2.05) is 18.4 Å². The van der Waals surface area contributed by atoms with Crippen LogP contribution in [0.5, 0.6) is 11.5 Å². The molecule has 0 aliphatic carbocycles. The Morgan fingerprint density at radius 1 is 1.00 bits per heavy atom. The molecular formula is C31H39N5O11P2. The molecule has 0 atom stereocenters. The van der Waals surface area contributed by atoms with Crippen molar-refractivity contribution < 1.29 is 52.6 Å². The number of aryl methyl sites for hydroxylation is 2. The van der Waals surface area contributed by atoms with Crippen molar-refractivity contribution in [2.24, 2.45) is 5.73 Å². The third-order valence-electron chi connectivity index (χ3n) is 7.86. The van der Waals surface area contributed by atoms with E-state index >= 15 is 0 Å². The van der Waals surface area contributed by atoms with Crippen LogP contribution in [-0.4, -0.2) is 70.2 Å². The van der Waals surface area contributed by atoms with Gasteiger partial charge in [-0.05, 0) is 61.7 Å². The van der Waals surface area contributed by atoms with Gasteiger partial charge in [0, 0.05) is 36.8 Å². The monoisotopic (exact) mass is 719 g/mol. The topological polar surface area (TPSA) is 237 Å². The van der Waals surface area contributed by atoms with Crippen molar-refractivity contribution in [3.8, 4) is 22.8 Å². The molecule has 16 nitrogen and oxygen atoms in total. The minimum atomic E-state index is -5.46. The second-order valence-corrected chi connectivity index (χ2v) is 15.2. The van der Waals surface area contributed by atoms with E-state index < -0.39 is 51.7 Å². The van der Waals surface area contributed by atoms with Crippen LogP contribution < -0.4 is 20.1 Å². The molecule has 0 aliphatic rings. The average Bonchev–Trinajstić information content (AvgIpc) is 3.67. The Morgan fingerprint density at radius 3 is 2.22 bits per heavy atom. The summed E-state index contributed by atoms with van der Waals surface area (Å²) in [5.74, 6) is -1.45. The fourth-order valence-corrected chi connectivity index (χ4v) is 7.76. The molecule has 49 heavy (non-hydrogen) atoms. The van der Waals surface area contributed by atoms with E-state index in [-0.39, 0.29) is 23.6 Å². The van der Waals surface area contributed by atoms with Gasteiger partial charge in [-0.1, -0.05) is 19.8 Å². The number of nitrogens with two attached hydrogens (primary N) is 1. The molecular weight excluding hydrogens is 680 g/mol. The van der Waals surface area contributed by atoms with Gasteiger partial charge in [-0.2, -0.15) is 0 Å². The fourth-order valence-electron chi connectivity index (χ4n) is 5.44. The molecule has 0 saturated heterocycles. The minimum absolute atomic E-state index is 0.0422. The molecule has 0 saturated carbocycles. The van der Waals surface area contributed by atoms with E-state index in [0.717, 1.165) is 29.0 Å². The van der Waals surface area contributed by atoms with Gasteiger partial charge in [-0.3, -0.25) is 18.7 Å². The quantitative estimate of drug-likeness (QED) is 0.0528. The van der Waals surface area contributed by atoms with Crippen LogP contribution in [0, 0.1) is 6.92 Å². The summed E-state index contributed by atoms with van der Waals surface area (Å²) in [7, 11) is -10.9. The van der Waals surface area contributed by atoms with Crippen LogP contribution in [-0.2, 0) is 25.3 Å². The van der Waals surface area contributed by atoms with Crippen LogP contribution in [0.2, 0.25) is 0 Å². The van der Waals surface area contributed by atoms with E-state index in [4.69, 9.17) is 15.2 Å². The van der Waals surface area contributed by atoms with E-state index in [2.05, 4.69) is 4.98 Å². The third kappa shape index (κ3) is 8.72. The lowest BCUT2D eigenvalue weighted by atomic mass is 10.1. The number of carbonyl (C=O) groups excluding carboxylic acids is 3. The minimum Gasteiger partial charge on any atom is -0.424 e. The number of esters is 1. The van der Waals surface area contributed by atoms with Gasteiger partial charge in [-0.25, -0.2) is 14.3 Å². The van der Waals surface area contributed by atoms with Gasteiger partial charge in [0.25, 0.3) is 0 Å². The highest BCUT2D eigenvalue weighted by molar-refractivity contribution is 7.70. The Labute approximate surface area is 281 Å². The number of nitrogens with zero attached hydrogens (tertiary/aromatic N) is 4. The van der Waals surface area contributed by atoms with Crippen LogP contribution in [0.3, 0.4) is 0 Å². The number of rotatable bonds is 14. The SMILES string of the molecule is CCCCCC(=O)Oc1cc2c(cc1N(CC(P(=O)(O)O)P(=O)(O)O)C(=O)CN)c(C)c(-c1ccc(OC(=O)n3ccnc3)cc1)n2CC. The summed E-state index contributed by atoms with van der Waals surface area (Å²) in [5.41, 5.74) is 8.21. The molecule has 2 heterocycles. The first-order chi connectivity index (χ1) is 23.1. The van der Waals surface area contributed by atoms with Gasteiger partial charge >= 0.3 is 27.3 Å². The summed E-state index contributed by atoms with van der Waals surface area (Å²) < 4.78 is 38.7. The van der Waals surface area contributed by atoms with Crippen LogP contribution in [0.25, 0.3) is 22.2 Å². The molecule has 264 valence electrons. The highest BCUT2D eigenvalue weighted by Gasteiger charge is 2.45. The van der Waals surface area contributed by atoms with Gasteiger partial charge < -0.3 is 44.2 Å². The number of carbonyl (C=O) groups is 3. The van der Waals surface area contributed by atoms with Crippen molar-refractivity contribution in [3.05, 3.63) is 60.7 Å². The first kappa shape index (κ1) is 37.7. The predicted octanol–water partition coefficient (Wildman–Crippen LogP) is 4.34. The summed E-state index contributed by atoms with van der Waals surface area (Å²) in [6.45, 7) is 4.30. The van der Waals surface area contributed by atoms with Crippen molar-refractivity contribution in [1.82, 2.24) is 14.1 Å². The smallest absolute Gasteiger partial charge is 0.424 e. The second-order valence-electron chi connectivity index (χ2n) is 11.2. The van der Waals surface area contributed by atoms with E-state index in [0.29, 0.717) is 29.4 Å². The molecule has 6 N–H and O–H groups in total. The lowest BCUT2D eigenvalue weighted by molar-refractivity contribution is -0.134. The largest absolute Gasteiger partial charge is 0.424 e. The van der Waals surface area contributed by atoms with Crippen molar-refractivity contribution in [2.45, 2.75) is 58.4 Å². The second kappa shape index (κ2) is 15.6. The number of aromatic nitrogens is 3. The van der Waals surface area contributed by atoms with Gasteiger partial charge in [0.1, 0.15) is 12.1 Å². The highest BCUT2D eigenvalue weighted by Crippen LogP contribution is 2.60. The standard InChI is InChI=1S/C31H39N5O11P2/c1-4-6-7-8-28(38)47-26-16-24-23(15-25(26)36(27(37)17-32)18-29(48(40,41)42)49(43,44)45)20(3)30(35(24)5-2)21-9-11-22(12-10-21)46-31(39)34-14-13-33-19-34/h9-16,19,29H,4-8,17-18,32H2,1-3H3,(H2,40,41,42)(H2,43,44,45). The number of unbranched alkanes of at least 4 members (excludes halogenated alkanes) is 2. The number of ether oxygens (including phenoxy) is 2. The zero-order valence-electron chi connectivity index (χ0n) is 27.1. The molecule has 1 amide bonds. The summed E-state index contributed by atoms with van der Waals surface area (Å²) in [4.78, 5) is 82.5. The molecule has 0 radical (unpaired) electrons. The molecule has 0 bridgehead atoms. The zero-order valence-corrected chi connectivity index (χ0v) is 28.9. The van der Waals surface area contributed by atoms with Gasteiger partial charge in [0.05, 0.1) is 30.0 Å². The molecule has 4 rings (SSSR count). The maximum Gasteiger partial charge on any atom is 0.424 e. The maximum atomic E-state index is 13.2. The number of hydrogen-bond acceptors (Lipinski definition) is 9. The Morgan fingerprint density at radius 2 is 1.67 bits per heavy atom. The summed E-state index contributed by atoms with van der Waals surface area (Å²) in [6.07, 6.45) is 5.73. The Hall–Kier alpha value is -4.14. The summed E-state index contributed by atoms with van der Waals surface area (Å²) in [5, 5.41) is -2.02. The van der Waals surface area contributed by atoms with Crippen molar-refractivity contribution in [1.29, 1.82) is 0 Å². The van der Waals surface area contributed by atoms with Crippen molar-refractivity contribution in [3.63, 3.8) is 0 Å². The molecule has 2 aromatic carbocycles. The first-order valence-corrected chi connectivity index (χ1v) is 18.8. The zero-order chi connectivity index (χ0) is 36.1. The van der Waals surface area contributed by atoms with Gasteiger partial charge in [0.15, 0.2) is 11.1 Å². The Balaban J connectivity index is 1.87. The van der Waals surface area contributed by atoms with Gasteiger partial charge in [0.2, 0.25) is 5.91 Å². The molecule has 18 heteroatoms. The number of hydrogen-bond donors (Lipinski definition) is 5. The molecule has 2 aromatic heterocycles. The van der Waals surface area contributed by atoms with Crippen LogP contribution in [0.4, 0.5) is 10.5 Å². The average molecular weight is 720 g/mol. The van der Waals surface area contributed by atoms with Crippen LogP contribution >= 0.6 is 15.2 Å². The van der Waals surface area contributed by atoms with E-state index in [1.165, 1.54) is 35.4 Å². The molecule has 0 fully saturated rings. The number of benzene rings is 2. The van der Waals surface area contributed by atoms with Crippen molar-refractivity contribution >= 4 is 49.8 Å². The molecule has 4 aromatic rings. The van der Waals surface area contributed by atoms with Gasteiger partial charge in [-0.15, -0.1) is 0 Å². The Bertz CT molecular complexity index is 1890. The van der Waals surface area contributed by atoms with E-state index in [1.54, 1.807) is 31.2 Å². The highest BCUT2D eigenvalue weighted by atomic mass is 31.2. The molecule has 0 aliphatic heterocycles. The van der Waals surface area contributed by atoms with Crippen LogP contribution in [0.1, 0.15) is 45.1 Å². The first-order valence-electron chi connectivity index (χ1n) is 15.4.